The molecule has 0 aliphatic carbocycles. The van der Waals surface area contributed by atoms with Gasteiger partial charge in [0.25, 0.3) is 6.71 Å². The van der Waals surface area contributed by atoms with Crippen LogP contribution < -0.4 is 26.2 Å². The largest absolute Gasteiger partial charge is 0.311 e. The number of rotatable bonds is 4. The molecule has 0 bridgehead atoms. The van der Waals surface area contributed by atoms with E-state index >= 15 is 0 Å². The van der Waals surface area contributed by atoms with E-state index in [-0.39, 0.29) is 23.0 Å². The molecule has 0 N–H and O–H groups in total. The Bertz CT molecular complexity index is 6460. The van der Waals surface area contributed by atoms with E-state index in [2.05, 4.69) is 362 Å². The third kappa shape index (κ3) is 8.59. The maximum atomic E-state index is 2.67. The molecule has 0 atom stereocenters. The van der Waals surface area contributed by atoms with Crippen molar-refractivity contribution in [1.82, 2.24) is 4.57 Å². The highest BCUT2D eigenvalue weighted by molar-refractivity contribution is 7.00. The van der Waals surface area contributed by atoms with Gasteiger partial charge in [0.15, 0.2) is 0 Å². The molecule has 100 heavy (non-hydrogen) atoms. The molecule has 20 rings (SSSR count). The summed E-state index contributed by atoms with van der Waals surface area (Å²) in [7, 11) is 0. The topological polar surface area (TPSA) is 11.4 Å². The molecule has 0 amide bonds. The van der Waals surface area contributed by atoms with Crippen molar-refractivity contribution in [3.8, 4) is 16.8 Å². The van der Waals surface area contributed by atoms with Gasteiger partial charge in [0.1, 0.15) is 0 Å². The molecular weight excluding hydrogens is 1210 g/mol. The Balaban J connectivity index is 0.945. The van der Waals surface area contributed by atoms with Crippen molar-refractivity contribution in [3.63, 3.8) is 0 Å². The molecule has 4 heteroatoms. The van der Waals surface area contributed by atoms with Gasteiger partial charge in [-0.05, 0) is 236 Å². The minimum Gasteiger partial charge on any atom is -0.311 e. The van der Waals surface area contributed by atoms with E-state index in [1.54, 1.807) is 0 Å². The molecule has 0 unspecified atom stereocenters. The first-order valence-electron chi connectivity index (χ1n) is 35.7. The highest BCUT2D eigenvalue weighted by Crippen LogP contribution is 2.51. The second-order valence-electron chi connectivity index (χ2n) is 31.6. The Morgan fingerprint density at radius 1 is 0.220 bits per heavy atom. The number of benzene rings is 17. The zero-order chi connectivity index (χ0) is 67.4. The van der Waals surface area contributed by atoms with Crippen LogP contribution in [0.25, 0.3) is 136 Å². The number of nitrogens with zero attached hydrogens (tertiary/aromatic N) is 3. The molecule has 3 heterocycles. The summed E-state index contributed by atoms with van der Waals surface area (Å²) in [6.45, 7) is 20.8. The fourth-order valence-corrected chi connectivity index (χ4v) is 17.7. The molecule has 3 nitrogen and oxygen atoms in total. The monoisotopic (exact) mass is 1280 g/mol. The second kappa shape index (κ2) is 21.0. The Hall–Kier alpha value is -11.5. The number of fused-ring (bicyclic) bond motifs is 25. The van der Waals surface area contributed by atoms with Gasteiger partial charge in [-0.1, -0.05) is 269 Å². The molecule has 2 aliphatic rings. The van der Waals surface area contributed by atoms with E-state index < -0.39 is 0 Å². The summed E-state index contributed by atoms with van der Waals surface area (Å²) in [6, 6.07) is 111. The molecule has 18 aromatic rings. The Morgan fingerprint density at radius 3 is 0.940 bits per heavy atom. The summed E-state index contributed by atoms with van der Waals surface area (Å²) in [4.78, 5) is 5.33. The molecule has 0 fully saturated rings. The zero-order valence-electron chi connectivity index (χ0n) is 58.1. The highest BCUT2D eigenvalue weighted by atomic mass is 15.2. The van der Waals surface area contributed by atoms with Crippen molar-refractivity contribution < 1.29 is 0 Å². The normalized spacial score (nSPS) is 13.4. The third-order valence-corrected chi connectivity index (χ3v) is 22.7. The third-order valence-electron chi connectivity index (χ3n) is 22.7. The minimum absolute atomic E-state index is 0.0259. The summed E-state index contributed by atoms with van der Waals surface area (Å²) in [6.07, 6.45) is 0. The predicted molar refractivity (Wildman–Crippen MR) is 434 cm³/mol. The van der Waals surface area contributed by atoms with Gasteiger partial charge in [-0.15, -0.1) is 0 Å². The Morgan fingerprint density at radius 2 is 0.550 bits per heavy atom. The van der Waals surface area contributed by atoms with E-state index in [4.69, 9.17) is 0 Å². The average Bonchev–Trinajstić information content (AvgIpc) is 0.980. The van der Waals surface area contributed by atoms with Gasteiger partial charge in [-0.3, -0.25) is 0 Å². The number of aromatic nitrogens is 1. The van der Waals surface area contributed by atoms with Crippen LogP contribution in [0.4, 0.5) is 34.1 Å². The van der Waals surface area contributed by atoms with Gasteiger partial charge < -0.3 is 14.4 Å². The number of anilines is 6. The lowest BCUT2D eigenvalue weighted by atomic mass is 9.33. The summed E-state index contributed by atoms with van der Waals surface area (Å²) in [5, 5.41) is 25.1. The van der Waals surface area contributed by atoms with E-state index in [0.29, 0.717) is 0 Å². The summed E-state index contributed by atoms with van der Waals surface area (Å²) in [5.41, 5.74) is 20.4. The zero-order valence-corrected chi connectivity index (χ0v) is 58.1. The van der Waals surface area contributed by atoms with Gasteiger partial charge in [0.05, 0.1) is 11.0 Å². The summed E-state index contributed by atoms with van der Waals surface area (Å²) < 4.78 is 2.56. The molecule has 0 spiro atoms. The molecule has 17 aromatic carbocycles. The van der Waals surface area contributed by atoms with Crippen molar-refractivity contribution in [2.75, 3.05) is 9.80 Å². The SMILES string of the molecule is CC(C)(C)c1ccc(-c2cc3c4c(c2)N(c2ccc5c6ccccc6c6ccccc6c5c2)c2cc5c6ccccc6c6ccccc6c5cc2B4c2ccc(-n4c5ccc(C(C)(C)C)cc5c5cc(C(C)(C)C)ccc54)cc2N3c2ccc3c4ccccc4c4ccccc4c3c2)cc1. The standard InChI is InChI=1S/C96H74BN3/c1-94(2,3)59-36-34-57(35-37-59)58-48-91-93-92(49-58)100(63-41-44-78-72-29-13-11-23-66(72)68-25-15-19-31-74(68)80(78)53-63)90-56-82-76-33-21-17-27-70(76)69-26-16-20-32-75(69)81(82)55-86(90)97(93)85-45-42-64(98-87-46-38-60(95(4,5)6)50-83(87)84-51-61(96(7,8)9)39-47-88(84)98)54-89(85)99(91)62-40-43-77-71-28-12-10-22-65(71)67-24-14-18-30-73(67)79(77)52-62/h10-56H,1-9H3. The Labute approximate surface area is 583 Å². The average molecular weight is 1280 g/mol. The molecule has 476 valence electrons. The second-order valence-corrected chi connectivity index (χ2v) is 31.6. The van der Waals surface area contributed by atoms with Gasteiger partial charge in [-0.25, -0.2) is 0 Å². The lowest BCUT2D eigenvalue weighted by Gasteiger charge is -2.45. The lowest BCUT2D eigenvalue weighted by Crippen LogP contribution is -2.61. The van der Waals surface area contributed by atoms with E-state index in [1.807, 2.05) is 0 Å². The van der Waals surface area contributed by atoms with Gasteiger partial charge in [0.2, 0.25) is 0 Å². The van der Waals surface area contributed by atoms with Gasteiger partial charge in [-0.2, -0.15) is 0 Å². The van der Waals surface area contributed by atoms with Crippen LogP contribution in [-0.4, -0.2) is 11.3 Å². The maximum Gasteiger partial charge on any atom is 0.252 e. The minimum atomic E-state index is -0.194. The maximum absolute atomic E-state index is 2.67. The fourth-order valence-electron chi connectivity index (χ4n) is 17.7. The van der Waals surface area contributed by atoms with E-state index in [9.17, 15) is 0 Å². The van der Waals surface area contributed by atoms with Crippen molar-refractivity contribution in [2.45, 2.75) is 78.6 Å². The van der Waals surface area contributed by atoms with Crippen LogP contribution in [0.15, 0.2) is 285 Å². The molecule has 0 saturated heterocycles. The molecule has 2 aliphatic heterocycles. The van der Waals surface area contributed by atoms with E-state index in [1.165, 1.54) is 169 Å². The van der Waals surface area contributed by atoms with Crippen molar-refractivity contribution in [1.29, 1.82) is 0 Å². The highest BCUT2D eigenvalue weighted by Gasteiger charge is 2.45. The lowest BCUT2D eigenvalue weighted by molar-refractivity contribution is 0.590. The van der Waals surface area contributed by atoms with Crippen LogP contribution in [0, 0.1) is 0 Å². The number of hydrogen-bond acceptors (Lipinski definition) is 2. The smallest absolute Gasteiger partial charge is 0.252 e. The summed E-state index contributed by atoms with van der Waals surface area (Å²) in [5.74, 6) is 0. The van der Waals surface area contributed by atoms with Crippen LogP contribution in [-0.2, 0) is 16.2 Å². The molecule has 1 aromatic heterocycles. The van der Waals surface area contributed by atoms with Crippen LogP contribution >= 0.6 is 0 Å². The van der Waals surface area contributed by atoms with Crippen LogP contribution in [0.2, 0.25) is 0 Å². The van der Waals surface area contributed by atoms with Crippen LogP contribution in [0.5, 0.6) is 0 Å². The predicted octanol–water partition coefficient (Wildman–Crippen LogP) is 24.8. The van der Waals surface area contributed by atoms with Crippen molar-refractivity contribution in [2.24, 2.45) is 0 Å². The van der Waals surface area contributed by atoms with Gasteiger partial charge in [0, 0.05) is 50.6 Å². The summed E-state index contributed by atoms with van der Waals surface area (Å²) >= 11 is 0. The van der Waals surface area contributed by atoms with E-state index in [0.717, 1.165) is 34.0 Å². The first-order chi connectivity index (χ1) is 48.5. The fraction of sp³-hybridized carbons (Fsp3) is 0.125. The van der Waals surface area contributed by atoms with Gasteiger partial charge >= 0.3 is 0 Å². The van der Waals surface area contributed by atoms with Crippen molar-refractivity contribution >= 4 is 176 Å². The van der Waals surface area contributed by atoms with Crippen molar-refractivity contribution in [3.05, 3.63) is 302 Å². The quantitative estimate of drug-likeness (QED) is 0.129. The molecular formula is C96H74BN3. The van der Waals surface area contributed by atoms with Crippen LogP contribution in [0.1, 0.15) is 79.0 Å². The Kier molecular flexibility index (Phi) is 12.3. The first kappa shape index (κ1) is 58.7. The molecule has 0 radical (unpaired) electrons. The first-order valence-corrected chi connectivity index (χ1v) is 35.7. The molecule has 0 saturated carbocycles. The number of hydrogen-bond donors (Lipinski definition) is 0. The van der Waals surface area contributed by atoms with Crippen LogP contribution in [0.3, 0.4) is 0 Å².